The van der Waals surface area contributed by atoms with Gasteiger partial charge in [0, 0.05) is 6.42 Å². The van der Waals surface area contributed by atoms with Crippen molar-refractivity contribution in [3.8, 4) is 11.5 Å². The molecule has 0 aliphatic carbocycles. The predicted molar refractivity (Wildman–Crippen MR) is 61.1 cm³/mol. The lowest BCUT2D eigenvalue weighted by molar-refractivity contribution is -0.136. The van der Waals surface area contributed by atoms with Gasteiger partial charge in [-0.3, -0.25) is 4.79 Å². The third-order valence-corrected chi connectivity index (χ3v) is 2.95. The molecule has 0 atom stereocenters. The van der Waals surface area contributed by atoms with Crippen molar-refractivity contribution in [2.24, 2.45) is 0 Å². The fourth-order valence-electron chi connectivity index (χ4n) is 1.60. The summed E-state index contributed by atoms with van der Waals surface area (Å²) >= 11 is 3.37. The number of halogens is 1. The van der Waals surface area contributed by atoms with Gasteiger partial charge in [0.15, 0.2) is 11.5 Å². The van der Waals surface area contributed by atoms with E-state index in [0.29, 0.717) is 31.1 Å². The number of aryl methyl sites for hydroxylation is 1. The zero-order valence-electron chi connectivity index (χ0n) is 8.53. The van der Waals surface area contributed by atoms with E-state index in [9.17, 15) is 4.79 Å². The minimum absolute atomic E-state index is 0.0947. The van der Waals surface area contributed by atoms with Crippen LogP contribution in [0.2, 0.25) is 0 Å². The third kappa shape index (κ3) is 2.29. The van der Waals surface area contributed by atoms with Crippen LogP contribution in [0, 0.1) is 0 Å². The Morgan fingerprint density at radius 3 is 2.69 bits per heavy atom. The highest BCUT2D eigenvalue weighted by Crippen LogP contribution is 2.40. The standard InChI is InChI=1S/C11H11BrO4/c12-8-3-1-7(2-4-9(13)14)10-11(8)16-6-5-15-10/h1,3H,2,4-6H2,(H,13,14). The molecule has 1 aromatic carbocycles. The number of carbonyl (C=O) groups is 1. The van der Waals surface area contributed by atoms with Crippen molar-refractivity contribution in [3.63, 3.8) is 0 Å². The zero-order chi connectivity index (χ0) is 11.5. The van der Waals surface area contributed by atoms with Gasteiger partial charge in [0.25, 0.3) is 0 Å². The molecular formula is C11H11BrO4. The lowest BCUT2D eigenvalue weighted by Crippen LogP contribution is -2.17. The first-order valence-electron chi connectivity index (χ1n) is 4.97. The number of hydrogen-bond acceptors (Lipinski definition) is 3. The van der Waals surface area contributed by atoms with Crippen LogP contribution in [0.5, 0.6) is 11.5 Å². The average Bonchev–Trinajstić information content (AvgIpc) is 2.28. The van der Waals surface area contributed by atoms with Gasteiger partial charge in [-0.1, -0.05) is 6.07 Å². The van der Waals surface area contributed by atoms with Crippen LogP contribution in [-0.4, -0.2) is 24.3 Å². The van der Waals surface area contributed by atoms with Gasteiger partial charge in [0.2, 0.25) is 0 Å². The van der Waals surface area contributed by atoms with Crippen molar-refractivity contribution >= 4 is 21.9 Å². The molecule has 4 nitrogen and oxygen atoms in total. The SMILES string of the molecule is O=C(O)CCc1ccc(Br)c2c1OCCO2. The largest absolute Gasteiger partial charge is 0.486 e. The van der Waals surface area contributed by atoms with E-state index in [-0.39, 0.29) is 6.42 Å². The van der Waals surface area contributed by atoms with Gasteiger partial charge >= 0.3 is 5.97 Å². The van der Waals surface area contributed by atoms with Crippen LogP contribution in [0.15, 0.2) is 16.6 Å². The van der Waals surface area contributed by atoms with Crippen LogP contribution in [0.3, 0.4) is 0 Å². The second-order valence-corrected chi connectivity index (χ2v) is 4.31. The van der Waals surface area contributed by atoms with E-state index in [0.717, 1.165) is 10.0 Å². The van der Waals surface area contributed by atoms with Crippen LogP contribution in [-0.2, 0) is 11.2 Å². The van der Waals surface area contributed by atoms with Gasteiger partial charge in [-0.25, -0.2) is 0 Å². The Labute approximate surface area is 101 Å². The second-order valence-electron chi connectivity index (χ2n) is 3.46. The third-order valence-electron chi connectivity index (χ3n) is 2.33. The minimum Gasteiger partial charge on any atom is -0.486 e. The van der Waals surface area contributed by atoms with Crippen molar-refractivity contribution in [1.82, 2.24) is 0 Å². The molecule has 0 aromatic heterocycles. The Morgan fingerprint density at radius 2 is 2.00 bits per heavy atom. The molecule has 1 aromatic rings. The summed E-state index contributed by atoms with van der Waals surface area (Å²) in [5.41, 5.74) is 0.875. The summed E-state index contributed by atoms with van der Waals surface area (Å²) in [5, 5.41) is 8.65. The summed E-state index contributed by atoms with van der Waals surface area (Å²) < 4.78 is 11.8. The molecule has 0 saturated carbocycles. The number of hydrogen-bond donors (Lipinski definition) is 1. The maximum atomic E-state index is 10.5. The fraction of sp³-hybridized carbons (Fsp3) is 0.364. The Hall–Kier alpha value is -1.23. The van der Waals surface area contributed by atoms with E-state index < -0.39 is 5.97 Å². The molecule has 0 fully saturated rings. The quantitative estimate of drug-likeness (QED) is 0.926. The van der Waals surface area contributed by atoms with Crippen molar-refractivity contribution < 1.29 is 19.4 Å². The highest BCUT2D eigenvalue weighted by molar-refractivity contribution is 9.10. The first-order valence-corrected chi connectivity index (χ1v) is 5.76. The molecule has 0 spiro atoms. The molecule has 0 bridgehead atoms. The van der Waals surface area contributed by atoms with Crippen LogP contribution >= 0.6 is 15.9 Å². The summed E-state index contributed by atoms with van der Waals surface area (Å²) in [6.45, 7) is 1.03. The normalized spacial score (nSPS) is 13.6. The molecule has 0 amide bonds. The van der Waals surface area contributed by atoms with Gasteiger partial charge in [0.1, 0.15) is 13.2 Å². The molecule has 0 unspecified atom stereocenters. The average molecular weight is 287 g/mol. The minimum atomic E-state index is -0.812. The summed E-state index contributed by atoms with van der Waals surface area (Å²) in [7, 11) is 0. The molecule has 86 valence electrons. The maximum Gasteiger partial charge on any atom is 0.303 e. The molecule has 1 aliphatic rings. The van der Waals surface area contributed by atoms with Crippen LogP contribution in [0.1, 0.15) is 12.0 Å². The first kappa shape index (κ1) is 11.3. The highest BCUT2D eigenvalue weighted by Gasteiger charge is 2.19. The molecule has 16 heavy (non-hydrogen) atoms. The van der Waals surface area contributed by atoms with E-state index in [1.54, 1.807) is 0 Å². The summed E-state index contributed by atoms with van der Waals surface area (Å²) in [4.78, 5) is 10.5. The van der Waals surface area contributed by atoms with E-state index in [1.807, 2.05) is 12.1 Å². The van der Waals surface area contributed by atoms with Gasteiger partial charge in [0.05, 0.1) is 4.47 Å². The van der Waals surface area contributed by atoms with Crippen molar-refractivity contribution in [1.29, 1.82) is 0 Å². The number of ether oxygens (including phenoxy) is 2. The zero-order valence-corrected chi connectivity index (χ0v) is 10.1. The summed E-state index contributed by atoms with van der Waals surface area (Å²) in [6, 6.07) is 3.71. The predicted octanol–water partition coefficient (Wildman–Crippen LogP) is 2.24. The van der Waals surface area contributed by atoms with E-state index >= 15 is 0 Å². The van der Waals surface area contributed by atoms with Crippen LogP contribution in [0.25, 0.3) is 0 Å². The number of rotatable bonds is 3. The Kier molecular flexibility index (Phi) is 3.33. The van der Waals surface area contributed by atoms with E-state index in [4.69, 9.17) is 14.6 Å². The number of benzene rings is 1. The Balaban J connectivity index is 2.28. The van der Waals surface area contributed by atoms with Crippen molar-refractivity contribution in [2.75, 3.05) is 13.2 Å². The fourth-order valence-corrected chi connectivity index (χ4v) is 2.02. The van der Waals surface area contributed by atoms with Gasteiger partial charge in [-0.2, -0.15) is 0 Å². The first-order chi connectivity index (χ1) is 7.68. The molecule has 1 aliphatic heterocycles. The second kappa shape index (κ2) is 4.74. The highest BCUT2D eigenvalue weighted by atomic mass is 79.9. The smallest absolute Gasteiger partial charge is 0.303 e. The summed E-state index contributed by atoms with van der Waals surface area (Å²) in [6.07, 6.45) is 0.547. The van der Waals surface area contributed by atoms with Crippen molar-refractivity contribution in [2.45, 2.75) is 12.8 Å². The molecule has 1 N–H and O–H groups in total. The Morgan fingerprint density at radius 1 is 1.31 bits per heavy atom. The molecule has 0 saturated heterocycles. The number of carboxylic acid groups (broad SMARTS) is 1. The number of aliphatic carboxylic acids is 1. The van der Waals surface area contributed by atoms with Gasteiger partial charge in [-0.05, 0) is 34.0 Å². The van der Waals surface area contributed by atoms with Gasteiger partial charge in [-0.15, -0.1) is 0 Å². The molecule has 0 radical (unpaired) electrons. The van der Waals surface area contributed by atoms with Gasteiger partial charge < -0.3 is 14.6 Å². The monoisotopic (exact) mass is 286 g/mol. The molecule has 5 heteroatoms. The molecular weight excluding hydrogens is 276 g/mol. The molecule has 2 rings (SSSR count). The lowest BCUT2D eigenvalue weighted by Gasteiger charge is -2.22. The topological polar surface area (TPSA) is 55.8 Å². The molecule has 1 heterocycles. The van der Waals surface area contributed by atoms with E-state index in [1.165, 1.54) is 0 Å². The van der Waals surface area contributed by atoms with E-state index in [2.05, 4.69) is 15.9 Å². The summed E-state index contributed by atoms with van der Waals surface area (Å²) in [5.74, 6) is 0.532. The van der Waals surface area contributed by atoms with Crippen molar-refractivity contribution in [3.05, 3.63) is 22.2 Å². The lowest BCUT2D eigenvalue weighted by atomic mass is 10.1. The maximum absolute atomic E-state index is 10.5. The van der Waals surface area contributed by atoms with Crippen LogP contribution in [0.4, 0.5) is 0 Å². The number of fused-ring (bicyclic) bond motifs is 1. The number of carboxylic acids is 1. The Bertz CT molecular complexity index is 417. The van der Waals surface area contributed by atoms with Crippen LogP contribution < -0.4 is 9.47 Å².